The van der Waals surface area contributed by atoms with Gasteiger partial charge in [-0.2, -0.15) is 51.2 Å². The van der Waals surface area contributed by atoms with Gasteiger partial charge in [0.2, 0.25) is 29.5 Å². The number of methoxy groups -OCH3 is 3. The number of carboxylic acids is 1. The maximum atomic E-state index is 12.5. The summed E-state index contributed by atoms with van der Waals surface area (Å²) in [5, 5.41) is 16.7. The summed E-state index contributed by atoms with van der Waals surface area (Å²) in [6.45, 7) is 8.37. The van der Waals surface area contributed by atoms with Crippen LogP contribution in [-0.4, -0.2) is 162 Å². The Labute approximate surface area is 516 Å². The van der Waals surface area contributed by atoms with E-state index in [9.17, 15) is 58.5 Å². The standard InChI is InChI=1S/C15H14Cl2N2O3.C15H16F3N5O4S.C15H18N6O6S.C5H12NO4P/c1-5-6-21-12-8-11(9(16)7-10(12)17)19-14(20)22-13(18-19)15(2,3)4;1-9-19-12(22-14(20-9)27-2)21-13(24)23-28(25,26)11-6-4-3-5-10(11)7-8-15(16,17)18;1-21(2)13(22)9-6-5-7-16-12(9)28(24,25)20-15(23)19-14-17-10(26-3)8-11(18-14)27-4;1-11(9,10)3-2-4(6)5(7)8/h1,7-8H,6H2,2-4H3;3-6H,7-8H2,1-2H3,(H2,19,20,21,22,23,24);5-8H,1-4H3,(H2,17,18,19,20,23);4H,2-3,6H2,1H3,(H,7,8)(H,9,10). The molecule has 0 aliphatic rings. The van der Waals surface area contributed by atoms with E-state index in [0.717, 1.165) is 10.7 Å². The van der Waals surface area contributed by atoms with Crippen molar-refractivity contribution in [1.82, 2.24) is 54.0 Å². The Bertz CT molecular complexity index is 3860. The number of nitrogens with two attached hydrogens (primary N) is 1. The molecule has 2 unspecified atom stereocenters. The largest absolute Gasteiger partial charge is 0.481 e. The second-order valence-electron chi connectivity index (χ2n) is 18.9. The van der Waals surface area contributed by atoms with Crippen LogP contribution < -0.4 is 50.5 Å². The van der Waals surface area contributed by atoms with Crippen LogP contribution in [0.4, 0.5) is 34.7 Å². The van der Waals surface area contributed by atoms with Crippen LogP contribution in [0.5, 0.6) is 23.5 Å². The summed E-state index contributed by atoms with van der Waals surface area (Å²) in [4.78, 5) is 90.7. The fraction of sp³-hybridized carbons (Fsp3) is 0.360. The van der Waals surface area contributed by atoms with Crippen molar-refractivity contribution >= 4 is 86.5 Å². The average Bonchev–Trinajstić information content (AvgIpc) is 2.46. The fourth-order valence-corrected chi connectivity index (χ4v) is 9.77. The number of anilines is 2. The molecule has 484 valence electrons. The van der Waals surface area contributed by atoms with Crippen molar-refractivity contribution in [3.05, 3.63) is 104 Å². The summed E-state index contributed by atoms with van der Waals surface area (Å²) in [6.07, 6.45) is 0.148. The predicted molar refractivity (Wildman–Crippen MR) is 314 cm³/mol. The first-order valence-electron chi connectivity index (χ1n) is 24.9. The Kier molecular flexibility index (Phi) is 27.2. The van der Waals surface area contributed by atoms with Crippen molar-refractivity contribution in [2.45, 2.75) is 74.5 Å². The third kappa shape index (κ3) is 24.4. The van der Waals surface area contributed by atoms with Crippen molar-refractivity contribution in [1.29, 1.82) is 0 Å². The van der Waals surface area contributed by atoms with E-state index in [1.165, 1.54) is 109 Å². The molecule has 0 aliphatic carbocycles. The summed E-state index contributed by atoms with van der Waals surface area (Å²) in [5.41, 5.74) is 4.73. The number of sulfonamides is 2. The normalized spacial score (nSPS) is 12.2. The van der Waals surface area contributed by atoms with E-state index in [2.05, 4.69) is 51.6 Å². The highest BCUT2D eigenvalue weighted by Crippen LogP contribution is 2.36. The molecule has 6 rings (SSSR count). The lowest BCUT2D eigenvalue weighted by Gasteiger charge is -2.14. The molecule has 2 aromatic carbocycles. The van der Waals surface area contributed by atoms with Gasteiger partial charge in [0.1, 0.15) is 24.2 Å². The van der Waals surface area contributed by atoms with Crippen molar-refractivity contribution in [3.63, 3.8) is 0 Å². The number of nitrogens with one attached hydrogen (secondary N) is 4. The SMILES string of the molecule is C#CCOc1cc(-n2nc(C(C)(C)C)oc2=O)c(Cl)cc1Cl.COc1cc(OC)nc(NC(=O)NS(=O)(=O)c2ncccc2C(=O)N(C)C)n1.COc1nc(C)nc(NC(=O)NS(=O)(=O)c2ccccc2CCC(F)(F)F)n1.CP(=O)(O)CCC(N)C(=O)O. The lowest BCUT2D eigenvalue weighted by molar-refractivity contribution is -0.138. The van der Waals surface area contributed by atoms with Gasteiger partial charge in [0, 0.05) is 51.0 Å². The number of carbonyl (C=O) groups excluding carboxylic acids is 3. The van der Waals surface area contributed by atoms with Crippen molar-refractivity contribution < 1.29 is 87.1 Å². The fourth-order valence-electron chi connectivity index (χ4n) is 6.28. The number of amides is 5. The number of alkyl halides is 3. The number of hydrogen-bond donors (Lipinski definition) is 7. The Morgan fingerprint density at radius 1 is 0.876 bits per heavy atom. The minimum Gasteiger partial charge on any atom is -0.481 e. The lowest BCUT2D eigenvalue weighted by atomic mass is 9.97. The van der Waals surface area contributed by atoms with E-state index in [1.807, 2.05) is 20.8 Å². The molecule has 4 aromatic heterocycles. The third-order valence-corrected chi connectivity index (χ3v) is 14.8. The van der Waals surface area contributed by atoms with Gasteiger partial charge in [0.05, 0.1) is 53.6 Å². The van der Waals surface area contributed by atoms with Crippen LogP contribution in [0.25, 0.3) is 5.69 Å². The Morgan fingerprint density at radius 2 is 1.46 bits per heavy atom. The van der Waals surface area contributed by atoms with E-state index < -0.39 is 97.5 Å². The summed E-state index contributed by atoms with van der Waals surface area (Å²) in [6, 6.07) is 8.64. The third-order valence-electron chi connectivity index (χ3n) is 10.4. The van der Waals surface area contributed by atoms with Gasteiger partial charge >= 0.3 is 36.0 Å². The second kappa shape index (κ2) is 32.5. The molecule has 39 heteroatoms. The van der Waals surface area contributed by atoms with Crippen molar-refractivity contribution in [2.24, 2.45) is 5.73 Å². The molecule has 31 nitrogen and oxygen atoms in total. The number of halogens is 5. The molecule has 0 saturated carbocycles. The highest BCUT2D eigenvalue weighted by Gasteiger charge is 2.31. The predicted octanol–water partition coefficient (Wildman–Crippen LogP) is 5.43. The molecule has 2 atom stereocenters. The number of terminal acetylenes is 1. The Balaban J connectivity index is 0.000000324. The molecule has 4 heterocycles. The summed E-state index contributed by atoms with van der Waals surface area (Å²) >= 11 is 12.2. The van der Waals surface area contributed by atoms with Crippen molar-refractivity contribution in [2.75, 3.05) is 65.5 Å². The zero-order valence-electron chi connectivity index (χ0n) is 48.7. The van der Waals surface area contributed by atoms with Gasteiger partial charge < -0.3 is 44.0 Å². The number of urea groups is 2. The van der Waals surface area contributed by atoms with Gasteiger partial charge in [-0.3, -0.25) is 24.8 Å². The number of ether oxygens (including phenoxy) is 4. The van der Waals surface area contributed by atoms with E-state index in [4.69, 9.17) is 68.7 Å². The van der Waals surface area contributed by atoms with Crippen LogP contribution in [0, 0.1) is 19.3 Å². The zero-order valence-corrected chi connectivity index (χ0v) is 52.8. The van der Waals surface area contributed by atoms with Gasteiger partial charge in [-0.15, -0.1) is 11.5 Å². The first-order valence-corrected chi connectivity index (χ1v) is 30.9. The van der Waals surface area contributed by atoms with Gasteiger partial charge in [-0.25, -0.2) is 37.2 Å². The van der Waals surface area contributed by atoms with Crippen LogP contribution >= 0.6 is 30.6 Å². The zero-order chi connectivity index (χ0) is 67.4. The molecule has 0 fully saturated rings. The smallest absolute Gasteiger partial charge is 0.442 e. The molecule has 0 saturated heterocycles. The molecule has 0 spiro atoms. The lowest BCUT2D eigenvalue weighted by Crippen LogP contribution is -2.36. The first kappa shape index (κ1) is 74.5. The van der Waals surface area contributed by atoms with E-state index in [0.29, 0.717) is 17.3 Å². The summed E-state index contributed by atoms with van der Waals surface area (Å²) < 4.78 is 128. The number of aryl methyl sites for hydroxylation is 2. The number of pyridine rings is 1. The van der Waals surface area contributed by atoms with Crippen molar-refractivity contribution in [3.8, 4) is 41.6 Å². The number of aliphatic carboxylic acids is 1. The first-order chi connectivity index (χ1) is 41.2. The maximum Gasteiger partial charge on any atom is 0.442 e. The minimum atomic E-state index is -4.46. The van der Waals surface area contributed by atoms with Gasteiger partial charge in [0.25, 0.3) is 26.0 Å². The Morgan fingerprint density at radius 3 is 1.98 bits per heavy atom. The second-order valence-corrected chi connectivity index (χ2v) is 25.5. The maximum absolute atomic E-state index is 12.5. The molecule has 8 N–H and O–H groups in total. The molecule has 5 amide bonds. The molecule has 0 bridgehead atoms. The van der Waals surface area contributed by atoms with Crippen LogP contribution in [0.15, 0.2) is 79.9 Å². The number of benzene rings is 2. The van der Waals surface area contributed by atoms with Gasteiger partial charge in [-0.1, -0.05) is 68.1 Å². The number of nitrogens with zero attached hydrogens (tertiary/aromatic N) is 9. The number of rotatable bonds is 19. The molecular weight excluding hydrogens is 1290 g/mol. The number of aromatic nitrogens is 8. The van der Waals surface area contributed by atoms with Gasteiger partial charge in [-0.05, 0) is 49.6 Å². The van der Waals surface area contributed by atoms with E-state index >= 15 is 0 Å². The number of hydrogen-bond acceptors (Lipinski definition) is 23. The van der Waals surface area contributed by atoms with Gasteiger partial charge in [0.15, 0.2) is 12.4 Å². The number of carboxylic acid groups (broad SMARTS) is 1. The highest BCUT2D eigenvalue weighted by molar-refractivity contribution is 7.90. The van der Waals surface area contributed by atoms with E-state index in [-0.39, 0.29) is 75.9 Å². The molecule has 0 radical (unpaired) electrons. The topological polar surface area (TPSA) is 434 Å². The van der Waals surface area contributed by atoms with Crippen LogP contribution in [0.2, 0.25) is 10.0 Å². The van der Waals surface area contributed by atoms with E-state index in [1.54, 1.807) is 9.44 Å². The molecule has 0 aliphatic heterocycles. The highest BCUT2D eigenvalue weighted by atomic mass is 35.5. The summed E-state index contributed by atoms with van der Waals surface area (Å²) in [7, 11) is -5.09. The molecular formula is C50H60Cl2F3N14O17PS2. The van der Waals surface area contributed by atoms with Crippen LogP contribution in [0.1, 0.15) is 61.2 Å². The quantitative estimate of drug-likeness (QED) is 0.0393. The van der Waals surface area contributed by atoms with Crippen LogP contribution in [-0.2, 0) is 41.2 Å². The molecule has 89 heavy (non-hydrogen) atoms. The number of carbonyl (C=O) groups is 4. The minimum absolute atomic E-state index is 0.0412. The molecule has 6 aromatic rings. The average molecular weight is 1350 g/mol. The monoisotopic (exact) mass is 1350 g/mol. The van der Waals surface area contributed by atoms with Crippen LogP contribution in [0.3, 0.4) is 0 Å². The summed E-state index contributed by atoms with van der Waals surface area (Å²) in [5.74, 6) is 0.454. The Hall–Kier alpha value is -8.72.